The van der Waals surface area contributed by atoms with Gasteiger partial charge in [-0.1, -0.05) is 34.8 Å². The van der Waals surface area contributed by atoms with Crippen molar-refractivity contribution in [1.29, 1.82) is 0 Å². The molecule has 26 heavy (non-hydrogen) atoms. The molecule has 0 bridgehead atoms. The minimum atomic E-state index is -0.224. The van der Waals surface area contributed by atoms with Crippen LogP contribution >= 0.6 is 45.3 Å². The maximum atomic E-state index is 13.4. The molecule has 1 aliphatic rings. The highest BCUT2D eigenvalue weighted by Crippen LogP contribution is 2.48. The Bertz CT molecular complexity index is 1020. The minimum Gasteiger partial charge on any atom is -0.479 e. The molecule has 0 N–H and O–H groups in total. The fourth-order valence-corrected chi connectivity index (χ4v) is 6.63. The van der Waals surface area contributed by atoms with Gasteiger partial charge >= 0.3 is 3.98 Å². The summed E-state index contributed by atoms with van der Waals surface area (Å²) in [4.78, 5) is 2.48. The quantitative estimate of drug-likeness (QED) is 0.343. The van der Waals surface area contributed by atoms with E-state index in [2.05, 4.69) is 53.1 Å². The molecular formula is C20H18FINOS2+. The third kappa shape index (κ3) is 3.23. The molecule has 3 aromatic rings. The molecule has 6 heteroatoms. The highest BCUT2D eigenvalue weighted by molar-refractivity contribution is 14.1. The van der Waals surface area contributed by atoms with E-state index in [1.165, 1.54) is 29.4 Å². The molecule has 0 saturated heterocycles. The van der Waals surface area contributed by atoms with Gasteiger partial charge in [-0.25, -0.2) is 8.97 Å². The molecule has 0 spiro atoms. The lowest BCUT2D eigenvalue weighted by molar-refractivity contribution is 0.248. The molecule has 2 aromatic carbocycles. The highest BCUT2D eigenvalue weighted by Gasteiger charge is 2.31. The zero-order valence-electron chi connectivity index (χ0n) is 14.5. The van der Waals surface area contributed by atoms with E-state index in [0.29, 0.717) is 0 Å². The van der Waals surface area contributed by atoms with Gasteiger partial charge in [0.15, 0.2) is 6.10 Å². The molecule has 2 nitrogen and oxygen atoms in total. The number of rotatable bonds is 3. The van der Waals surface area contributed by atoms with Crippen molar-refractivity contribution >= 4 is 45.3 Å². The summed E-state index contributed by atoms with van der Waals surface area (Å²) in [5.74, 6) is 0.671. The van der Waals surface area contributed by atoms with Crippen molar-refractivity contribution in [2.24, 2.45) is 0 Å². The molecule has 0 saturated carbocycles. The molecule has 0 amide bonds. The van der Waals surface area contributed by atoms with Crippen molar-refractivity contribution < 1.29 is 9.13 Å². The first-order valence-electron chi connectivity index (χ1n) is 8.54. The molecule has 0 fully saturated rings. The molecule has 4 rings (SSSR count). The van der Waals surface area contributed by atoms with Crippen molar-refractivity contribution in [2.45, 2.75) is 20.0 Å². The largest absolute Gasteiger partial charge is 0.479 e. The fourth-order valence-electron chi connectivity index (χ4n) is 3.09. The van der Waals surface area contributed by atoms with E-state index < -0.39 is 0 Å². The Balaban J connectivity index is 1.95. The van der Waals surface area contributed by atoms with Crippen LogP contribution in [0.3, 0.4) is 0 Å². The van der Waals surface area contributed by atoms with E-state index >= 15 is 0 Å². The Morgan fingerprint density at radius 2 is 1.81 bits per heavy atom. The van der Waals surface area contributed by atoms with E-state index in [9.17, 15) is 4.39 Å². The maximum absolute atomic E-state index is 13.4. The molecule has 1 unspecified atom stereocenters. The number of halogens is 2. The summed E-state index contributed by atoms with van der Waals surface area (Å²) in [6, 6.07) is 12.9. The number of hydrogen-bond donors (Lipinski definition) is 0. The second kappa shape index (κ2) is 7.40. The van der Waals surface area contributed by atoms with Crippen LogP contribution in [0.1, 0.15) is 30.4 Å². The first kappa shape index (κ1) is 18.1. The summed E-state index contributed by atoms with van der Waals surface area (Å²) >= 11 is 5.97. The third-order valence-electron chi connectivity index (χ3n) is 4.47. The van der Waals surface area contributed by atoms with Gasteiger partial charge in [0.25, 0.3) is 0 Å². The van der Waals surface area contributed by atoms with Crippen molar-refractivity contribution in [2.75, 3.05) is 13.1 Å². The Morgan fingerprint density at radius 1 is 1.08 bits per heavy atom. The Labute approximate surface area is 173 Å². The van der Waals surface area contributed by atoms with E-state index in [1.54, 1.807) is 11.3 Å². The Hall–Kier alpha value is -1.25. The second-order valence-electron chi connectivity index (χ2n) is 6.03. The van der Waals surface area contributed by atoms with E-state index in [4.69, 9.17) is 4.74 Å². The SMILES string of the molecule is CC[N+](CC)=c1sc2c(s1)C(c1ccc(F)cc1)Oc1ccc(I)cc1-2. The Morgan fingerprint density at radius 3 is 2.50 bits per heavy atom. The maximum Gasteiger partial charge on any atom is 0.314 e. The van der Waals surface area contributed by atoms with Crippen LogP contribution in [0.5, 0.6) is 5.75 Å². The van der Waals surface area contributed by atoms with Gasteiger partial charge in [0.05, 0.1) is 9.75 Å². The van der Waals surface area contributed by atoms with E-state index in [-0.39, 0.29) is 11.9 Å². The topological polar surface area (TPSA) is 12.2 Å². The monoisotopic (exact) mass is 498 g/mol. The summed E-state index contributed by atoms with van der Waals surface area (Å²) in [6.07, 6.45) is -0.191. The van der Waals surface area contributed by atoms with Gasteiger partial charge in [0.1, 0.15) is 24.7 Å². The molecular weight excluding hydrogens is 480 g/mol. The Kier molecular flexibility index (Phi) is 5.16. The third-order valence-corrected chi connectivity index (χ3v) is 7.92. The number of fused-ring (bicyclic) bond motifs is 3. The first-order valence-corrected chi connectivity index (χ1v) is 11.3. The van der Waals surface area contributed by atoms with Crippen molar-refractivity contribution in [1.82, 2.24) is 4.58 Å². The normalized spacial score (nSPS) is 15.2. The van der Waals surface area contributed by atoms with Crippen LogP contribution in [0.25, 0.3) is 10.4 Å². The number of hydrogen-bond acceptors (Lipinski definition) is 3. The lowest BCUT2D eigenvalue weighted by Gasteiger charge is -2.26. The van der Waals surface area contributed by atoms with Crippen LogP contribution in [0.15, 0.2) is 42.5 Å². The molecule has 1 aliphatic heterocycles. The van der Waals surface area contributed by atoms with Gasteiger partial charge in [-0.05, 0) is 72.3 Å². The van der Waals surface area contributed by atoms with Gasteiger partial charge in [0, 0.05) is 9.13 Å². The van der Waals surface area contributed by atoms with Crippen LogP contribution in [-0.4, -0.2) is 13.1 Å². The summed E-state index contributed by atoms with van der Waals surface area (Å²) in [5.41, 5.74) is 2.14. The lowest BCUT2D eigenvalue weighted by Crippen LogP contribution is -2.25. The van der Waals surface area contributed by atoms with E-state index in [1.807, 2.05) is 29.5 Å². The second-order valence-corrected chi connectivity index (χ2v) is 9.56. The molecule has 134 valence electrons. The summed E-state index contributed by atoms with van der Waals surface area (Å²) in [5, 5.41) is 0. The van der Waals surface area contributed by atoms with Crippen LogP contribution in [0.2, 0.25) is 0 Å². The predicted octanol–water partition coefficient (Wildman–Crippen LogP) is 5.51. The number of ether oxygens (including phenoxy) is 1. The molecule has 1 aromatic heterocycles. The zero-order valence-corrected chi connectivity index (χ0v) is 18.3. The van der Waals surface area contributed by atoms with Crippen molar-refractivity contribution in [3.63, 3.8) is 0 Å². The molecule has 2 heterocycles. The summed E-state index contributed by atoms with van der Waals surface area (Å²) in [7, 11) is 0. The van der Waals surface area contributed by atoms with E-state index in [0.717, 1.165) is 30.0 Å². The summed E-state index contributed by atoms with van der Waals surface area (Å²) < 4.78 is 24.6. The van der Waals surface area contributed by atoms with Gasteiger partial charge in [-0.3, -0.25) is 0 Å². The van der Waals surface area contributed by atoms with Crippen LogP contribution in [0.4, 0.5) is 4.39 Å². The molecule has 0 aliphatic carbocycles. The van der Waals surface area contributed by atoms with Gasteiger partial charge < -0.3 is 4.74 Å². The lowest BCUT2D eigenvalue weighted by atomic mass is 10.0. The average molecular weight is 498 g/mol. The van der Waals surface area contributed by atoms with Gasteiger partial charge in [-0.2, -0.15) is 0 Å². The fraction of sp³-hybridized carbons (Fsp3) is 0.250. The highest BCUT2D eigenvalue weighted by atomic mass is 127. The van der Waals surface area contributed by atoms with Crippen molar-refractivity contribution in [3.05, 3.63) is 66.3 Å². The summed E-state index contributed by atoms with van der Waals surface area (Å²) in [6.45, 7) is 6.32. The van der Waals surface area contributed by atoms with Crippen molar-refractivity contribution in [3.8, 4) is 16.2 Å². The van der Waals surface area contributed by atoms with Crippen LogP contribution in [0, 0.1) is 9.39 Å². The number of benzene rings is 2. The van der Waals surface area contributed by atoms with Gasteiger partial charge in [-0.15, -0.1) is 0 Å². The zero-order chi connectivity index (χ0) is 18.3. The first-order chi connectivity index (χ1) is 12.6. The number of nitrogens with zero attached hydrogens (tertiary/aromatic N) is 1. The predicted molar refractivity (Wildman–Crippen MR) is 116 cm³/mol. The minimum absolute atomic E-state index is 0.191. The standard InChI is InChI=1S/C20H18FINOS2/c1-3-23(4-2)20-25-18-15-11-14(22)9-10-16(15)24-17(19(18)26-20)12-5-7-13(21)8-6-12/h5-11,17H,3-4H2,1-2H3/q+1. The molecule has 1 atom stereocenters. The average Bonchev–Trinajstić information content (AvgIpc) is 3.08. The van der Waals surface area contributed by atoms with Crippen LogP contribution < -0.4 is 13.3 Å². The molecule has 0 radical (unpaired) electrons. The van der Waals surface area contributed by atoms with Gasteiger partial charge in [0.2, 0.25) is 0 Å². The smallest absolute Gasteiger partial charge is 0.314 e. The van der Waals surface area contributed by atoms with Crippen LogP contribution in [-0.2, 0) is 0 Å².